The lowest BCUT2D eigenvalue weighted by atomic mass is 10.3. The minimum absolute atomic E-state index is 0.152. The van der Waals surface area contributed by atoms with E-state index in [-0.39, 0.29) is 5.91 Å². The van der Waals surface area contributed by atoms with E-state index in [1.165, 1.54) is 12.5 Å². The number of rotatable bonds is 6. The average molecular weight is 337 g/mol. The highest BCUT2D eigenvalue weighted by Gasteiger charge is 2.07. The fourth-order valence-corrected chi connectivity index (χ4v) is 2.39. The molecule has 0 aliphatic carbocycles. The van der Waals surface area contributed by atoms with Crippen LogP contribution in [-0.4, -0.2) is 43.7 Å². The first-order valence-electron chi connectivity index (χ1n) is 7.91. The van der Waals surface area contributed by atoms with Crippen LogP contribution < -0.4 is 10.6 Å². The SMILES string of the molecule is Cc1cc(C)n(-c2cc(NCCNC(=O)c3cccnc3)ncn2)n1. The summed E-state index contributed by atoms with van der Waals surface area (Å²) in [6.45, 7) is 4.92. The Hall–Kier alpha value is -3.29. The Bertz CT molecular complexity index is 860. The number of amides is 1. The minimum Gasteiger partial charge on any atom is -0.368 e. The monoisotopic (exact) mass is 337 g/mol. The molecule has 3 heterocycles. The summed E-state index contributed by atoms with van der Waals surface area (Å²) in [6, 6.07) is 7.26. The number of nitrogens with one attached hydrogen (secondary N) is 2. The molecular weight excluding hydrogens is 318 g/mol. The van der Waals surface area contributed by atoms with Crippen molar-refractivity contribution in [2.75, 3.05) is 18.4 Å². The first kappa shape index (κ1) is 16.6. The van der Waals surface area contributed by atoms with Crippen LogP contribution >= 0.6 is 0 Å². The van der Waals surface area contributed by atoms with Crippen molar-refractivity contribution in [3.8, 4) is 5.82 Å². The molecule has 0 aliphatic heterocycles. The van der Waals surface area contributed by atoms with Crippen molar-refractivity contribution in [3.05, 3.63) is 59.9 Å². The second kappa shape index (κ2) is 7.52. The maximum absolute atomic E-state index is 11.9. The van der Waals surface area contributed by atoms with Crippen molar-refractivity contribution < 1.29 is 4.79 Å². The molecule has 2 N–H and O–H groups in total. The molecule has 0 aromatic carbocycles. The van der Waals surface area contributed by atoms with Crippen molar-refractivity contribution in [2.45, 2.75) is 13.8 Å². The number of nitrogens with zero attached hydrogens (tertiary/aromatic N) is 5. The van der Waals surface area contributed by atoms with Crippen molar-refractivity contribution in [3.63, 3.8) is 0 Å². The molecule has 0 unspecified atom stereocenters. The van der Waals surface area contributed by atoms with Gasteiger partial charge in [-0.3, -0.25) is 9.78 Å². The van der Waals surface area contributed by atoms with Gasteiger partial charge in [0, 0.05) is 37.2 Å². The van der Waals surface area contributed by atoms with Crippen molar-refractivity contribution in [1.82, 2.24) is 30.0 Å². The van der Waals surface area contributed by atoms with Gasteiger partial charge in [-0.2, -0.15) is 5.10 Å². The van der Waals surface area contributed by atoms with E-state index in [2.05, 4.69) is 30.7 Å². The summed E-state index contributed by atoms with van der Waals surface area (Å²) < 4.78 is 1.77. The number of anilines is 1. The Kier molecular flexibility index (Phi) is 4.98. The van der Waals surface area contributed by atoms with Gasteiger partial charge in [0.25, 0.3) is 5.91 Å². The fraction of sp³-hybridized carbons (Fsp3) is 0.235. The van der Waals surface area contributed by atoms with Gasteiger partial charge >= 0.3 is 0 Å². The predicted octanol–water partition coefficient (Wildman–Crippen LogP) is 1.52. The highest BCUT2D eigenvalue weighted by Crippen LogP contribution is 2.11. The summed E-state index contributed by atoms with van der Waals surface area (Å²) in [5.41, 5.74) is 2.48. The first-order valence-corrected chi connectivity index (χ1v) is 7.91. The van der Waals surface area contributed by atoms with E-state index >= 15 is 0 Å². The average Bonchev–Trinajstić information content (AvgIpc) is 2.98. The number of aryl methyl sites for hydroxylation is 2. The lowest BCUT2D eigenvalue weighted by molar-refractivity contribution is 0.0955. The maximum atomic E-state index is 11.9. The standard InChI is InChI=1S/C17H19N7O/c1-12-8-13(2)24(23-12)16-9-15(21-11-22-16)19-6-7-20-17(25)14-4-3-5-18-10-14/h3-5,8-11H,6-7H2,1-2H3,(H,20,25)(H,19,21,22). The Morgan fingerprint density at radius 1 is 1.20 bits per heavy atom. The molecule has 0 radical (unpaired) electrons. The largest absolute Gasteiger partial charge is 0.368 e. The topological polar surface area (TPSA) is 97.6 Å². The number of carbonyl (C=O) groups is 1. The second-order valence-corrected chi connectivity index (χ2v) is 5.52. The van der Waals surface area contributed by atoms with Crippen LogP contribution in [0.1, 0.15) is 21.7 Å². The molecule has 8 nitrogen and oxygen atoms in total. The third kappa shape index (κ3) is 4.17. The highest BCUT2D eigenvalue weighted by molar-refractivity contribution is 5.93. The number of aromatic nitrogens is 5. The highest BCUT2D eigenvalue weighted by atomic mass is 16.1. The third-order valence-corrected chi connectivity index (χ3v) is 3.52. The van der Waals surface area contributed by atoms with Gasteiger partial charge in [0.1, 0.15) is 12.1 Å². The van der Waals surface area contributed by atoms with Crippen LogP contribution in [0.2, 0.25) is 0 Å². The lowest BCUT2D eigenvalue weighted by Gasteiger charge is -2.09. The molecule has 0 bridgehead atoms. The van der Waals surface area contributed by atoms with Gasteiger partial charge < -0.3 is 10.6 Å². The summed E-state index contributed by atoms with van der Waals surface area (Å²) in [4.78, 5) is 24.3. The zero-order valence-corrected chi connectivity index (χ0v) is 14.1. The van der Waals surface area contributed by atoms with Crippen molar-refractivity contribution >= 4 is 11.7 Å². The quantitative estimate of drug-likeness (QED) is 0.662. The molecule has 8 heteroatoms. The molecule has 0 fully saturated rings. The Balaban J connectivity index is 1.55. The smallest absolute Gasteiger partial charge is 0.252 e. The zero-order valence-electron chi connectivity index (χ0n) is 14.1. The van der Waals surface area contributed by atoms with E-state index in [0.717, 1.165) is 11.4 Å². The summed E-state index contributed by atoms with van der Waals surface area (Å²) >= 11 is 0. The molecule has 1 amide bonds. The van der Waals surface area contributed by atoms with E-state index in [1.54, 1.807) is 23.0 Å². The maximum Gasteiger partial charge on any atom is 0.252 e. The number of pyridine rings is 1. The first-order chi connectivity index (χ1) is 12.1. The summed E-state index contributed by atoms with van der Waals surface area (Å²) in [7, 11) is 0. The van der Waals surface area contributed by atoms with E-state index in [4.69, 9.17) is 0 Å². The van der Waals surface area contributed by atoms with Crippen LogP contribution in [0.5, 0.6) is 0 Å². The van der Waals surface area contributed by atoms with Gasteiger partial charge in [0.05, 0.1) is 11.3 Å². The normalized spacial score (nSPS) is 10.5. The van der Waals surface area contributed by atoms with Gasteiger partial charge in [-0.15, -0.1) is 0 Å². The van der Waals surface area contributed by atoms with Gasteiger partial charge in [0.15, 0.2) is 5.82 Å². The lowest BCUT2D eigenvalue weighted by Crippen LogP contribution is -2.29. The molecule has 3 rings (SSSR count). The van der Waals surface area contributed by atoms with Crippen LogP contribution in [-0.2, 0) is 0 Å². The molecule has 128 valence electrons. The molecule has 0 atom stereocenters. The Morgan fingerprint density at radius 2 is 2.08 bits per heavy atom. The molecule has 0 aliphatic rings. The van der Waals surface area contributed by atoms with Crippen molar-refractivity contribution in [2.24, 2.45) is 0 Å². The van der Waals surface area contributed by atoms with Gasteiger partial charge in [-0.05, 0) is 32.0 Å². The second-order valence-electron chi connectivity index (χ2n) is 5.52. The molecule has 25 heavy (non-hydrogen) atoms. The van der Waals surface area contributed by atoms with Crippen LogP contribution in [0.25, 0.3) is 5.82 Å². The van der Waals surface area contributed by atoms with Crippen LogP contribution in [0.3, 0.4) is 0 Å². The molecule has 3 aromatic rings. The van der Waals surface area contributed by atoms with Gasteiger partial charge in [0.2, 0.25) is 0 Å². The minimum atomic E-state index is -0.152. The van der Waals surface area contributed by atoms with Crippen molar-refractivity contribution in [1.29, 1.82) is 0 Å². The third-order valence-electron chi connectivity index (χ3n) is 3.52. The van der Waals surface area contributed by atoms with Gasteiger partial charge in [-0.25, -0.2) is 14.6 Å². The summed E-state index contributed by atoms with van der Waals surface area (Å²) in [5.74, 6) is 1.22. The van der Waals surface area contributed by atoms with E-state index in [9.17, 15) is 4.79 Å². The van der Waals surface area contributed by atoms with Gasteiger partial charge in [-0.1, -0.05) is 0 Å². The molecule has 0 saturated carbocycles. The van der Waals surface area contributed by atoms with Crippen LogP contribution in [0.15, 0.2) is 43.0 Å². The van der Waals surface area contributed by atoms with Crippen LogP contribution in [0, 0.1) is 13.8 Å². The van der Waals surface area contributed by atoms with E-state index in [0.29, 0.717) is 30.3 Å². The Morgan fingerprint density at radius 3 is 2.80 bits per heavy atom. The summed E-state index contributed by atoms with van der Waals surface area (Å²) in [6.07, 6.45) is 4.66. The van der Waals surface area contributed by atoms with E-state index in [1.807, 2.05) is 26.0 Å². The zero-order chi connectivity index (χ0) is 17.6. The van der Waals surface area contributed by atoms with Crippen LogP contribution in [0.4, 0.5) is 5.82 Å². The molecular formula is C17H19N7O. The number of hydrogen-bond donors (Lipinski definition) is 2. The summed E-state index contributed by atoms with van der Waals surface area (Å²) in [5, 5.41) is 10.4. The fourth-order valence-electron chi connectivity index (χ4n) is 2.39. The molecule has 0 spiro atoms. The predicted molar refractivity (Wildman–Crippen MR) is 93.7 cm³/mol. The van der Waals surface area contributed by atoms with E-state index < -0.39 is 0 Å². The Labute approximate surface area is 145 Å². The molecule has 0 saturated heterocycles. The number of hydrogen-bond acceptors (Lipinski definition) is 6. The molecule has 3 aromatic heterocycles. The number of carbonyl (C=O) groups excluding carboxylic acids is 1.